The van der Waals surface area contributed by atoms with Crippen molar-refractivity contribution >= 4 is 5.91 Å². The van der Waals surface area contributed by atoms with Crippen molar-refractivity contribution in [3.63, 3.8) is 0 Å². The molecule has 1 aliphatic heterocycles. The first-order valence-corrected chi connectivity index (χ1v) is 6.91. The summed E-state index contributed by atoms with van der Waals surface area (Å²) in [5.41, 5.74) is 2.62. The third kappa shape index (κ3) is 2.72. The van der Waals surface area contributed by atoms with Gasteiger partial charge in [-0.05, 0) is 29.9 Å². The summed E-state index contributed by atoms with van der Waals surface area (Å²) in [6, 6.07) is 8.30. The molecule has 0 saturated heterocycles. The van der Waals surface area contributed by atoms with E-state index in [4.69, 9.17) is 0 Å². The van der Waals surface area contributed by atoms with Crippen LogP contribution in [0.15, 0.2) is 24.3 Å². The van der Waals surface area contributed by atoms with Gasteiger partial charge in [0.1, 0.15) is 0 Å². The zero-order chi connectivity index (χ0) is 12.4. The lowest BCUT2D eigenvalue weighted by Gasteiger charge is -2.25. The molecule has 0 spiro atoms. The van der Waals surface area contributed by atoms with E-state index < -0.39 is 0 Å². The highest BCUT2D eigenvalue weighted by molar-refractivity contribution is 5.82. The second-order valence-electron chi connectivity index (χ2n) is 5.43. The molecule has 3 rings (SSSR count). The van der Waals surface area contributed by atoms with Gasteiger partial charge in [0, 0.05) is 13.1 Å². The Kier molecular flexibility index (Phi) is 3.33. The second kappa shape index (κ2) is 5.11. The molecule has 3 heteroatoms. The van der Waals surface area contributed by atoms with Gasteiger partial charge in [-0.25, -0.2) is 0 Å². The van der Waals surface area contributed by atoms with Crippen LogP contribution in [-0.2, 0) is 17.8 Å². The minimum absolute atomic E-state index is 0.0564. The Morgan fingerprint density at radius 2 is 2.06 bits per heavy atom. The fourth-order valence-corrected chi connectivity index (χ4v) is 2.57. The molecule has 1 aliphatic carbocycles. The van der Waals surface area contributed by atoms with E-state index >= 15 is 0 Å². The molecular formula is C15H20N2O. The molecule has 2 N–H and O–H groups in total. The van der Waals surface area contributed by atoms with Crippen LogP contribution in [0, 0.1) is 5.92 Å². The van der Waals surface area contributed by atoms with E-state index in [-0.39, 0.29) is 11.9 Å². The highest BCUT2D eigenvalue weighted by Gasteiger charge is 2.25. The molecule has 1 heterocycles. The molecule has 96 valence electrons. The molecule has 1 fully saturated rings. The minimum atomic E-state index is -0.0564. The van der Waals surface area contributed by atoms with Crippen LogP contribution < -0.4 is 10.6 Å². The van der Waals surface area contributed by atoms with Gasteiger partial charge in [0.25, 0.3) is 0 Å². The first-order chi connectivity index (χ1) is 8.83. The van der Waals surface area contributed by atoms with Crippen molar-refractivity contribution in [2.45, 2.75) is 38.3 Å². The zero-order valence-corrected chi connectivity index (χ0v) is 10.6. The van der Waals surface area contributed by atoms with Gasteiger partial charge in [-0.2, -0.15) is 0 Å². The predicted molar refractivity (Wildman–Crippen MR) is 71.1 cm³/mol. The predicted octanol–water partition coefficient (Wildman–Crippen LogP) is 1.62. The normalized spacial score (nSPS) is 22.3. The topological polar surface area (TPSA) is 41.1 Å². The SMILES string of the molecule is O=C(NCCC1CC1)[C@@H]1Cc2ccccc2CN1. The van der Waals surface area contributed by atoms with Gasteiger partial charge in [-0.15, -0.1) is 0 Å². The summed E-state index contributed by atoms with van der Waals surface area (Å²) < 4.78 is 0. The summed E-state index contributed by atoms with van der Waals surface area (Å²) in [7, 11) is 0. The number of carbonyl (C=O) groups excluding carboxylic acids is 1. The van der Waals surface area contributed by atoms with E-state index in [9.17, 15) is 4.79 Å². The highest BCUT2D eigenvalue weighted by atomic mass is 16.2. The van der Waals surface area contributed by atoms with Crippen molar-refractivity contribution in [2.75, 3.05) is 6.54 Å². The second-order valence-corrected chi connectivity index (χ2v) is 5.43. The van der Waals surface area contributed by atoms with Crippen LogP contribution in [0.25, 0.3) is 0 Å². The molecule has 0 unspecified atom stereocenters. The number of nitrogens with one attached hydrogen (secondary N) is 2. The van der Waals surface area contributed by atoms with Crippen LogP contribution in [0.2, 0.25) is 0 Å². The third-order valence-corrected chi connectivity index (χ3v) is 3.95. The summed E-state index contributed by atoms with van der Waals surface area (Å²) in [5.74, 6) is 1.04. The highest BCUT2D eigenvalue weighted by Crippen LogP contribution is 2.31. The smallest absolute Gasteiger partial charge is 0.237 e. The summed E-state index contributed by atoms with van der Waals surface area (Å²) in [6.45, 7) is 1.64. The molecule has 18 heavy (non-hydrogen) atoms. The van der Waals surface area contributed by atoms with Crippen molar-refractivity contribution in [3.8, 4) is 0 Å². The number of hydrogen-bond donors (Lipinski definition) is 2. The van der Waals surface area contributed by atoms with Crippen LogP contribution in [0.5, 0.6) is 0 Å². The maximum atomic E-state index is 12.0. The summed E-state index contributed by atoms with van der Waals surface area (Å²) in [5, 5.41) is 6.37. The Balaban J connectivity index is 1.52. The maximum Gasteiger partial charge on any atom is 0.237 e. The van der Waals surface area contributed by atoms with Crippen LogP contribution in [0.3, 0.4) is 0 Å². The van der Waals surface area contributed by atoms with E-state index in [1.807, 2.05) is 6.07 Å². The molecule has 0 bridgehead atoms. The van der Waals surface area contributed by atoms with Gasteiger partial charge in [-0.1, -0.05) is 37.1 Å². The standard InChI is InChI=1S/C15H20N2O/c18-15(16-8-7-11-5-6-11)14-9-12-3-1-2-4-13(12)10-17-14/h1-4,11,14,17H,5-10H2,(H,16,18)/t14-/m0/s1. The molecule has 3 nitrogen and oxygen atoms in total. The van der Waals surface area contributed by atoms with Crippen LogP contribution >= 0.6 is 0 Å². The van der Waals surface area contributed by atoms with E-state index in [0.717, 1.165) is 31.8 Å². The number of fused-ring (bicyclic) bond motifs is 1. The van der Waals surface area contributed by atoms with E-state index in [1.54, 1.807) is 0 Å². The molecule has 1 aromatic carbocycles. The zero-order valence-electron chi connectivity index (χ0n) is 10.6. The molecule has 1 saturated carbocycles. The quantitative estimate of drug-likeness (QED) is 0.845. The van der Waals surface area contributed by atoms with Crippen LogP contribution in [0.1, 0.15) is 30.4 Å². The van der Waals surface area contributed by atoms with Crippen molar-refractivity contribution in [1.29, 1.82) is 0 Å². The Morgan fingerprint density at radius 3 is 2.83 bits per heavy atom. The van der Waals surface area contributed by atoms with Gasteiger partial charge in [0.05, 0.1) is 6.04 Å². The van der Waals surface area contributed by atoms with Crippen molar-refractivity contribution in [1.82, 2.24) is 10.6 Å². The Morgan fingerprint density at radius 1 is 1.28 bits per heavy atom. The monoisotopic (exact) mass is 244 g/mol. The third-order valence-electron chi connectivity index (χ3n) is 3.95. The minimum Gasteiger partial charge on any atom is -0.355 e. The molecule has 1 amide bonds. The summed E-state index contributed by atoms with van der Waals surface area (Å²) in [4.78, 5) is 12.0. The molecule has 1 aromatic rings. The Bertz CT molecular complexity index is 440. The van der Waals surface area contributed by atoms with Gasteiger partial charge < -0.3 is 10.6 Å². The summed E-state index contributed by atoms with van der Waals surface area (Å²) >= 11 is 0. The first kappa shape index (κ1) is 11.7. The number of hydrogen-bond acceptors (Lipinski definition) is 2. The van der Waals surface area contributed by atoms with E-state index in [1.165, 1.54) is 24.0 Å². The Hall–Kier alpha value is -1.35. The van der Waals surface area contributed by atoms with Gasteiger partial charge in [0.2, 0.25) is 5.91 Å². The average Bonchev–Trinajstić information content (AvgIpc) is 3.22. The van der Waals surface area contributed by atoms with E-state index in [0.29, 0.717) is 0 Å². The number of amides is 1. The number of rotatable bonds is 4. The maximum absolute atomic E-state index is 12.0. The molecule has 0 aromatic heterocycles. The van der Waals surface area contributed by atoms with Crippen LogP contribution in [-0.4, -0.2) is 18.5 Å². The molecule has 0 radical (unpaired) electrons. The lowest BCUT2D eigenvalue weighted by Crippen LogP contribution is -2.47. The lowest BCUT2D eigenvalue weighted by molar-refractivity contribution is -0.123. The van der Waals surface area contributed by atoms with E-state index in [2.05, 4.69) is 28.8 Å². The molecule has 2 aliphatic rings. The number of benzene rings is 1. The summed E-state index contributed by atoms with van der Waals surface area (Å²) in [6.07, 6.45) is 4.66. The Labute approximate surface area is 108 Å². The van der Waals surface area contributed by atoms with Gasteiger partial charge >= 0.3 is 0 Å². The fraction of sp³-hybridized carbons (Fsp3) is 0.533. The number of carbonyl (C=O) groups is 1. The molecular weight excluding hydrogens is 224 g/mol. The van der Waals surface area contributed by atoms with Crippen LogP contribution in [0.4, 0.5) is 0 Å². The molecule has 1 atom stereocenters. The van der Waals surface area contributed by atoms with Gasteiger partial charge in [-0.3, -0.25) is 4.79 Å². The fourth-order valence-electron chi connectivity index (χ4n) is 2.57. The van der Waals surface area contributed by atoms with Crippen molar-refractivity contribution in [2.24, 2.45) is 5.92 Å². The average molecular weight is 244 g/mol. The van der Waals surface area contributed by atoms with Crippen molar-refractivity contribution in [3.05, 3.63) is 35.4 Å². The van der Waals surface area contributed by atoms with Crippen molar-refractivity contribution < 1.29 is 4.79 Å². The largest absolute Gasteiger partial charge is 0.355 e. The lowest BCUT2D eigenvalue weighted by atomic mass is 9.95. The first-order valence-electron chi connectivity index (χ1n) is 6.91. The van der Waals surface area contributed by atoms with Gasteiger partial charge in [0.15, 0.2) is 0 Å².